The number of likely N-dealkylation sites (N-methyl/N-ethyl adjacent to an activating group) is 1. The molecule has 0 aliphatic carbocycles. The second kappa shape index (κ2) is 11.2. The Morgan fingerprint density at radius 1 is 1.17 bits per heavy atom. The van der Waals surface area contributed by atoms with Gasteiger partial charge in [-0.2, -0.15) is 4.98 Å². The molecule has 0 saturated carbocycles. The fraction of sp³-hybridized carbons (Fsp3) is 0.240. The maximum absolute atomic E-state index is 14.8. The maximum Gasteiger partial charge on any atom is 0.247 e. The van der Waals surface area contributed by atoms with Crippen LogP contribution in [0.25, 0.3) is 0 Å². The number of nitrogens with one attached hydrogen (secondary N) is 2. The van der Waals surface area contributed by atoms with Crippen molar-refractivity contribution < 1.29 is 18.7 Å². The van der Waals surface area contributed by atoms with Crippen molar-refractivity contribution in [3.05, 3.63) is 66.1 Å². The van der Waals surface area contributed by atoms with E-state index < -0.39 is 11.7 Å². The molecule has 36 heavy (non-hydrogen) atoms. The van der Waals surface area contributed by atoms with Gasteiger partial charge in [0, 0.05) is 37.9 Å². The number of piperazine rings is 1. The summed E-state index contributed by atoms with van der Waals surface area (Å²) in [4.78, 5) is 24.6. The van der Waals surface area contributed by atoms with E-state index in [4.69, 9.17) is 21.1 Å². The molecule has 3 aromatic rings. The van der Waals surface area contributed by atoms with Crippen molar-refractivity contribution >= 4 is 40.5 Å². The van der Waals surface area contributed by atoms with Crippen LogP contribution in [0, 0.1) is 5.82 Å². The number of carbonyl (C=O) groups excluding carboxylic acids is 1. The Hall–Kier alpha value is -3.89. The molecule has 1 amide bonds. The number of hydrogen-bond donors (Lipinski definition) is 2. The quantitative estimate of drug-likeness (QED) is 0.420. The SMILES string of the molecule is C=CC(=O)Nc1cccc(Oc2nc(Nc3ccc(N4CCN(C)CC4)cc3OC)ncc2Cl)c1F. The summed E-state index contributed by atoms with van der Waals surface area (Å²) in [7, 11) is 3.70. The predicted molar refractivity (Wildman–Crippen MR) is 138 cm³/mol. The minimum atomic E-state index is -0.780. The van der Waals surface area contributed by atoms with E-state index in [2.05, 4.69) is 44.0 Å². The van der Waals surface area contributed by atoms with E-state index >= 15 is 0 Å². The molecular weight excluding hydrogens is 487 g/mol. The molecule has 9 nitrogen and oxygen atoms in total. The van der Waals surface area contributed by atoms with Gasteiger partial charge >= 0.3 is 0 Å². The van der Waals surface area contributed by atoms with Gasteiger partial charge in [0.15, 0.2) is 11.6 Å². The molecule has 0 atom stereocenters. The molecule has 1 fully saturated rings. The summed E-state index contributed by atoms with van der Waals surface area (Å²) in [5, 5.41) is 5.56. The first kappa shape index (κ1) is 25.2. The minimum Gasteiger partial charge on any atom is -0.494 e. The van der Waals surface area contributed by atoms with Gasteiger partial charge in [-0.25, -0.2) is 9.37 Å². The lowest BCUT2D eigenvalue weighted by Crippen LogP contribution is -2.44. The van der Waals surface area contributed by atoms with Crippen LogP contribution >= 0.6 is 11.6 Å². The highest BCUT2D eigenvalue weighted by atomic mass is 35.5. The number of carbonyl (C=O) groups is 1. The molecule has 0 radical (unpaired) electrons. The first-order valence-electron chi connectivity index (χ1n) is 11.2. The lowest BCUT2D eigenvalue weighted by molar-refractivity contribution is -0.111. The van der Waals surface area contributed by atoms with E-state index in [9.17, 15) is 9.18 Å². The second-order valence-corrected chi connectivity index (χ2v) is 8.47. The lowest BCUT2D eigenvalue weighted by atomic mass is 10.2. The third kappa shape index (κ3) is 5.84. The first-order valence-corrected chi connectivity index (χ1v) is 11.6. The molecule has 4 rings (SSSR count). The van der Waals surface area contributed by atoms with Crippen LogP contribution in [0.15, 0.2) is 55.3 Å². The standard InChI is InChI=1S/C25H26ClFN6O3/c1-4-22(34)29-19-6-5-7-20(23(19)27)36-24-17(26)15-28-25(31-24)30-18-9-8-16(14-21(18)35-3)33-12-10-32(2)11-13-33/h4-9,14-15H,1,10-13H2,2-3H3,(H,29,34)(H,28,30,31). The molecule has 0 unspecified atom stereocenters. The Morgan fingerprint density at radius 3 is 2.67 bits per heavy atom. The highest BCUT2D eigenvalue weighted by Crippen LogP contribution is 2.35. The van der Waals surface area contributed by atoms with E-state index in [1.54, 1.807) is 7.11 Å². The number of rotatable bonds is 8. The summed E-state index contributed by atoms with van der Waals surface area (Å²) in [6, 6.07) is 10.2. The average Bonchev–Trinajstić information content (AvgIpc) is 2.89. The molecule has 188 valence electrons. The Balaban J connectivity index is 1.53. The smallest absolute Gasteiger partial charge is 0.247 e. The van der Waals surface area contributed by atoms with Gasteiger partial charge in [-0.3, -0.25) is 4.79 Å². The van der Waals surface area contributed by atoms with Gasteiger partial charge < -0.3 is 29.9 Å². The number of ether oxygens (including phenoxy) is 2. The van der Waals surface area contributed by atoms with E-state index in [-0.39, 0.29) is 28.3 Å². The third-order valence-electron chi connectivity index (χ3n) is 5.63. The van der Waals surface area contributed by atoms with Crippen molar-refractivity contribution in [1.29, 1.82) is 0 Å². The summed E-state index contributed by atoms with van der Waals surface area (Å²) in [6.45, 7) is 7.21. The van der Waals surface area contributed by atoms with Crippen molar-refractivity contribution in [2.24, 2.45) is 0 Å². The van der Waals surface area contributed by atoms with Gasteiger partial charge in [-0.05, 0) is 37.4 Å². The van der Waals surface area contributed by atoms with Crippen molar-refractivity contribution in [2.75, 3.05) is 55.9 Å². The van der Waals surface area contributed by atoms with Crippen LogP contribution in [0.4, 0.5) is 27.4 Å². The monoisotopic (exact) mass is 512 g/mol. The van der Waals surface area contributed by atoms with Crippen LogP contribution in [-0.4, -0.2) is 61.1 Å². The van der Waals surface area contributed by atoms with Crippen molar-refractivity contribution in [3.63, 3.8) is 0 Å². The zero-order valence-corrected chi connectivity index (χ0v) is 20.7. The highest BCUT2D eigenvalue weighted by Gasteiger charge is 2.18. The van der Waals surface area contributed by atoms with E-state index in [0.717, 1.165) is 37.9 Å². The second-order valence-electron chi connectivity index (χ2n) is 8.06. The topological polar surface area (TPSA) is 91.8 Å². The van der Waals surface area contributed by atoms with Crippen LogP contribution in [0.2, 0.25) is 5.02 Å². The number of methoxy groups -OCH3 is 1. The molecule has 0 bridgehead atoms. The number of halogens is 2. The Kier molecular flexibility index (Phi) is 7.87. The number of amides is 1. The maximum atomic E-state index is 14.8. The van der Waals surface area contributed by atoms with Crippen molar-refractivity contribution in [3.8, 4) is 17.4 Å². The van der Waals surface area contributed by atoms with Crippen LogP contribution in [-0.2, 0) is 4.79 Å². The normalized spacial score (nSPS) is 13.7. The molecule has 2 aromatic carbocycles. The number of anilines is 4. The molecule has 1 saturated heterocycles. The summed E-state index contributed by atoms with van der Waals surface area (Å²) in [5.74, 6) is -0.769. The summed E-state index contributed by atoms with van der Waals surface area (Å²) in [6.07, 6.45) is 2.39. The highest BCUT2D eigenvalue weighted by molar-refractivity contribution is 6.31. The predicted octanol–water partition coefficient (Wildman–Crippen LogP) is 4.69. The van der Waals surface area contributed by atoms with Crippen molar-refractivity contribution in [2.45, 2.75) is 0 Å². The van der Waals surface area contributed by atoms with E-state index in [1.165, 1.54) is 24.4 Å². The number of aromatic nitrogens is 2. The largest absolute Gasteiger partial charge is 0.494 e. The summed E-state index contributed by atoms with van der Waals surface area (Å²) < 4.78 is 26.1. The Bertz CT molecular complexity index is 1270. The molecule has 0 spiro atoms. The molecule has 2 N–H and O–H groups in total. The molecule has 11 heteroatoms. The molecule has 1 aromatic heterocycles. The molecular formula is C25H26ClFN6O3. The average molecular weight is 513 g/mol. The van der Waals surface area contributed by atoms with Gasteiger partial charge in [0.25, 0.3) is 0 Å². The number of hydrogen-bond acceptors (Lipinski definition) is 8. The van der Waals surface area contributed by atoms with Crippen LogP contribution in [0.3, 0.4) is 0 Å². The van der Waals surface area contributed by atoms with Gasteiger partial charge in [0.05, 0.1) is 24.7 Å². The third-order valence-corrected chi connectivity index (χ3v) is 5.88. The van der Waals surface area contributed by atoms with Crippen molar-refractivity contribution in [1.82, 2.24) is 14.9 Å². The molecule has 2 heterocycles. The van der Waals surface area contributed by atoms with Crippen LogP contribution in [0.5, 0.6) is 17.4 Å². The van der Waals surface area contributed by atoms with Crippen LogP contribution < -0.4 is 25.0 Å². The fourth-order valence-corrected chi connectivity index (χ4v) is 3.75. The zero-order chi connectivity index (χ0) is 25.7. The first-order chi connectivity index (χ1) is 17.4. The van der Waals surface area contributed by atoms with Gasteiger partial charge in [-0.15, -0.1) is 0 Å². The van der Waals surface area contributed by atoms with Gasteiger partial charge in [0.2, 0.25) is 17.7 Å². The van der Waals surface area contributed by atoms with Gasteiger partial charge in [0.1, 0.15) is 10.8 Å². The summed E-state index contributed by atoms with van der Waals surface area (Å²) in [5.41, 5.74) is 1.64. The fourth-order valence-electron chi connectivity index (χ4n) is 3.62. The van der Waals surface area contributed by atoms with Gasteiger partial charge in [-0.1, -0.05) is 24.2 Å². The molecule has 1 aliphatic rings. The Labute approximate surface area is 213 Å². The molecule has 1 aliphatic heterocycles. The Morgan fingerprint density at radius 2 is 1.94 bits per heavy atom. The van der Waals surface area contributed by atoms with E-state index in [0.29, 0.717) is 11.4 Å². The minimum absolute atomic E-state index is 0.0618. The number of nitrogens with zero attached hydrogens (tertiary/aromatic N) is 4. The summed E-state index contributed by atoms with van der Waals surface area (Å²) >= 11 is 6.21. The van der Waals surface area contributed by atoms with Crippen LogP contribution in [0.1, 0.15) is 0 Å². The zero-order valence-electron chi connectivity index (χ0n) is 19.9. The number of benzene rings is 2. The lowest BCUT2D eigenvalue weighted by Gasteiger charge is -2.34. The van der Waals surface area contributed by atoms with E-state index in [1.807, 2.05) is 18.2 Å².